The number of halogens is 3. The van der Waals surface area contributed by atoms with E-state index in [0.29, 0.717) is 0 Å². The van der Waals surface area contributed by atoms with Gasteiger partial charge in [-0.2, -0.15) is 13.2 Å². The Hall–Kier alpha value is -0.820. The molecule has 3 N–H and O–H groups in total. The van der Waals surface area contributed by atoms with Crippen LogP contribution in [-0.4, -0.2) is 47.8 Å². The van der Waals surface area contributed by atoms with Gasteiger partial charge in [-0.3, -0.25) is 4.79 Å². The Bertz CT molecular complexity index is 280. The fraction of sp³-hybridized carbons (Fsp3) is 0.889. The predicted octanol–water partition coefficient (Wildman–Crippen LogP) is 0.107. The summed E-state index contributed by atoms with van der Waals surface area (Å²) in [7, 11) is 0. The highest BCUT2D eigenvalue weighted by molar-refractivity contribution is 5.81. The fourth-order valence-corrected chi connectivity index (χ4v) is 1.80. The summed E-state index contributed by atoms with van der Waals surface area (Å²) >= 11 is 0. The number of rotatable bonds is 2. The van der Waals surface area contributed by atoms with Gasteiger partial charge in [0.15, 0.2) is 0 Å². The number of alkyl halides is 3. The maximum absolute atomic E-state index is 12.7. The normalized spacial score (nSPS) is 28.2. The van der Waals surface area contributed by atoms with Gasteiger partial charge < -0.3 is 15.7 Å². The summed E-state index contributed by atoms with van der Waals surface area (Å²) in [6.07, 6.45) is -4.78. The van der Waals surface area contributed by atoms with Gasteiger partial charge >= 0.3 is 6.18 Å². The molecular weight excluding hydrogens is 225 g/mol. The number of hydrogen-bond donors (Lipinski definition) is 2. The molecule has 2 atom stereocenters. The van der Waals surface area contributed by atoms with Crippen LogP contribution in [0.3, 0.4) is 0 Å². The topological polar surface area (TPSA) is 66.6 Å². The van der Waals surface area contributed by atoms with E-state index in [2.05, 4.69) is 0 Å². The molecule has 0 aliphatic carbocycles. The molecule has 0 aromatic rings. The summed E-state index contributed by atoms with van der Waals surface area (Å²) in [5.41, 5.74) is 3.14. The van der Waals surface area contributed by atoms with E-state index in [4.69, 9.17) is 10.8 Å². The van der Waals surface area contributed by atoms with E-state index in [0.717, 1.165) is 4.90 Å². The molecule has 1 amide bonds. The lowest BCUT2D eigenvalue weighted by atomic mass is 9.87. The van der Waals surface area contributed by atoms with Gasteiger partial charge in [0, 0.05) is 13.1 Å². The van der Waals surface area contributed by atoms with E-state index in [1.165, 1.54) is 6.92 Å². The summed E-state index contributed by atoms with van der Waals surface area (Å²) in [5, 5.41) is 8.90. The molecule has 1 saturated heterocycles. The first-order valence-electron chi connectivity index (χ1n) is 4.95. The van der Waals surface area contributed by atoms with Crippen LogP contribution in [0.2, 0.25) is 0 Å². The molecule has 0 bridgehead atoms. The first-order chi connectivity index (χ1) is 7.23. The number of carbonyl (C=O) groups is 1. The number of hydrogen-bond acceptors (Lipinski definition) is 3. The molecule has 0 spiro atoms. The van der Waals surface area contributed by atoms with Gasteiger partial charge in [-0.25, -0.2) is 0 Å². The monoisotopic (exact) mass is 240 g/mol. The largest absolute Gasteiger partial charge is 0.398 e. The van der Waals surface area contributed by atoms with Gasteiger partial charge in [-0.05, 0) is 13.3 Å². The van der Waals surface area contributed by atoms with Crippen LogP contribution in [0.4, 0.5) is 13.2 Å². The molecule has 7 heteroatoms. The maximum atomic E-state index is 12.7. The Labute approximate surface area is 91.2 Å². The Morgan fingerprint density at radius 2 is 2.19 bits per heavy atom. The average Bonchev–Trinajstić information content (AvgIpc) is 2.60. The lowest BCUT2D eigenvalue weighted by Gasteiger charge is -2.29. The predicted molar refractivity (Wildman–Crippen MR) is 50.4 cm³/mol. The van der Waals surface area contributed by atoms with Crippen LogP contribution < -0.4 is 5.73 Å². The quantitative estimate of drug-likeness (QED) is 0.719. The minimum Gasteiger partial charge on any atom is -0.395 e. The van der Waals surface area contributed by atoms with Crippen LogP contribution in [0.1, 0.15) is 13.3 Å². The molecule has 0 saturated carbocycles. The number of nitrogens with zero attached hydrogens (tertiary/aromatic N) is 1. The van der Waals surface area contributed by atoms with E-state index in [1.807, 2.05) is 0 Å². The second-order valence-corrected chi connectivity index (χ2v) is 4.23. The number of likely N-dealkylation sites (tertiary alicyclic amines) is 1. The third kappa shape index (κ3) is 2.15. The Balaban J connectivity index is 2.80. The van der Waals surface area contributed by atoms with Crippen molar-refractivity contribution in [2.24, 2.45) is 11.1 Å². The van der Waals surface area contributed by atoms with Crippen molar-refractivity contribution in [3.05, 3.63) is 0 Å². The molecule has 4 nitrogen and oxygen atoms in total. The third-order valence-electron chi connectivity index (χ3n) is 2.96. The average molecular weight is 240 g/mol. The van der Waals surface area contributed by atoms with E-state index in [1.54, 1.807) is 0 Å². The Morgan fingerprint density at radius 1 is 1.62 bits per heavy atom. The molecule has 1 rings (SSSR count). The molecule has 0 unspecified atom stereocenters. The molecule has 0 radical (unpaired) electrons. The minimum atomic E-state index is -4.51. The highest BCUT2D eigenvalue weighted by Crippen LogP contribution is 2.45. The Kier molecular flexibility index (Phi) is 3.49. The molecular formula is C9H15F3N2O2. The molecule has 1 heterocycles. The molecule has 0 aromatic heterocycles. The molecule has 16 heavy (non-hydrogen) atoms. The van der Waals surface area contributed by atoms with Crippen LogP contribution in [0.15, 0.2) is 0 Å². The summed E-state index contributed by atoms with van der Waals surface area (Å²) in [6, 6.07) is -0.817. The molecule has 1 aliphatic rings. The van der Waals surface area contributed by atoms with E-state index >= 15 is 0 Å². The van der Waals surface area contributed by atoms with Crippen molar-refractivity contribution < 1.29 is 23.1 Å². The smallest absolute Gasteiger partial charge is 0.395 e. The maximum Gasteiger partial charge on any atom is 0.398 e. The number of aliphatic hydroxyl groups excluding tert-OH is 1. The zero-order chi connectivity index (χ0) is 12.6. The summed E-state index contributed by atoms with van der Waals surface area (Å²) < 4.78 is 38.2. The fourth-order valence-electron chi connectivity index (χ4n) is 1.80. The number of carbonyl (C=O) groups excluding carboxylic acids is 1. The number of aliphatic hydroxyl groups is 1. The van der Waals surface area contributed by atoms with Crippen LogP contribution in [0.5, 0.6) is 0 Å². The first-order valence-corrected chi connectivity index (χ1v) is 4.95. The van der Waals surface area contributed by atoms with Gasteiger partial charge in [-0.15, -0.1) is 0 Å². The molecule has 1 aliphatic heterocycles. The van der Waals surface area contributed by atoms with Crippen molar-refractivity contribution in [1.82, 2.24) is 4.90 Å². The zero-order valence-corrected chi connectivity index (χ0v) is 8.92. The molecule has 94 valence electrons. The van der Waals surface area contributed by atoms with Gasteiger partial charge in [0.25, 0.3) is 0 Å². The van der Waals surface area contributed by atoms with Gasteiger partial charge in [0.05, 0.1) is 12.6 Å². The lowest BCUT2D eigenvalue weighted by molar-refractivity contribution is -0.230. The summed E-state index contributed by atoms with van der Waals surface area (Å²) in [4.78, 5) is 12.5. The van der Waals surface area contributed by atoms with Crippen molar-refractivity contribution >= 4 is 5.91 Å². The van der Waals surface area contributed by atoms with Crippen LogP contribution in [-0.2, 0) is 4.79 Å². The van der Waals surface area contributed by atoms with E-state index in [9.17, 15) is 18.0 Å². The third-order valence-corrected chi connectivity index (χ3v) is 2.96. The Morgan fingerprint density at radius 3 is 2.50 bits per heavy atom. The van der Waals surface area contributed by atoms with Gasteiger partial charge in [-0.1, -0.05) is 0 Å². The summed E-state index contributed by atoms with van der Waals surface area (Å²) in [6.45, 7) is -0.0953. The summed E-state index contributed by atoms with van der Waals surface area (Å²) in [5.74, 6) is -0.514. The van der Waals surface area contributed by atoms with Gasteiger partial charge in [0.2, 0.25) is 5.91 Å². The van der Waals surface area contributed by atoms with Crippen molar-refractivity contribution in [2.45, 2.75) is 25.6 Å². The first kappa shape index (κ1) is 13.2. The second-order valence-electron chi connectivity index (χ2n) is 4.23. The SMILES string of the molecule is C[C@H](N)C(=O)N1CC[C@@](CO)(C(F)(F)F)C1. The van der Waals surface area contributed by atoms with Crippen molar-refractivity contribution in [2.75, 3.05) is 19.7 Å². The highest BCUT2D eigenvalue weighted by Gasteiger charge is 2.58. The van der Waals surface area contributed by atoms with Gasteiger partial charge in [0.1, 0.15) is 5.41 Å². The zero-order valence-electron chi connectivity index (χ0n) is 8.92. The van der Waals surface area contributed by atoms with Crippen molar-refractivity contribution in [3.63, 3.8) is 0 Å². The van der Waals surface area contributed by atoms with Crippen molar-refractivity contribution in [3.8, 4) is 0 Å². The lowest BCUT2D eigenvalue weighted by Crippen LogP contribution is -2.47. The van der Waals surface area contributed by atoms with Crippen molar-refractivity contribution in [1.29, 1.82) is 0 Å². The number of amides is 1. The second kappa shape index (κ2) is 4.21. The van der Waals surface area contributed by atoms with Crippen LogP contribution in [0, 0.1) is 5.41 Å². The molecule has 0 aromatic carbocycles. The van der Waals surface area contributed by atoms with E-state index in [-0.39, 0.29) is 13.0 Å². The van der Waals surface area contributed by atoms with Crippen LogP contribution in [0.25, 0.3) is 0 Å². The number of nitrogens with two attached hydrogens (primary N) is 1. The standard InChI is InChI=1S/C9H15F3N2O2/c1-6(13)7(16)14-3-2-8(4-14,5-15)9(10,11)12/h6,15H,2-5,13H2,1H3/t6-,8+/m0/s1. The minimum absolute atomic E-state index is 0.0134. The highest BCUT2D eigenvalue weighted by atomic mass is 19.4. The van der Waals surface area contributed by atoms with Crippen LogP contribution >= 0.6 is 0 Å². The van der Waals surface area contributed by atoms with E-state index < -0.39 is 36.7 Å². The molecule has 1 fully saturated rings.